The molecule has 0 atom stereocenters. The molecule has 0 heterocycles. The molecule has 0 saturated heterocycles. The van der Waals surface area contributed by atoms with E-state index in [0.717, 1.165) is 28.0 Å². The fraction of sp³-hybridized carbons (Fsp3) is 0.194. The molecule has 0 spiro atoms. The van der Waals surface area contributed by atoms with Gasteiger partial charge in [-0.1, -0.05) is 60.7 Å². The van der Waals surface area contributed by atoms with E-state index in [-0.39, 0.29) is 22.2 Å². The fourth-order valence-electron chi connectivity index (χ4n) is 3.91. The van der Waals surface area contributed by atoms with Crippen molar-refractivity contribution in [2.75, 3.05) is 33.9 Å². The zero-order valence-electron chi connectivity index (χ0n) is 24.5. The van der Waals surface area contributed by atoms with Crippen LogP contribution in [0, 0.1) is 13.8 Å². The Morgan fingerprint density at radius 2 is 1.02 bits per heavy atom. The third kappa shape index (κ3) is 8.73. The molecule has 0 aliphatic carbocycles. The van der Waals surface area contributed by atoms with Gasteiger partial charge in [0, 0.05) is 45.0 Å². The molecule has 0 saturated carbocycles. The molecular formula is C31H37ClN4O4S2. The van der Waals surface area contributed by atoms with Gasteiger partial charge in [0.2, 0.25) is 20.0 Å². The van der Waals surface area contributed by atoms with E-state index in [9.17, 15) is 16.8 Å². The van der Waals surface area contributed by atoms with Crippen molar-refractivity contribution in [1.82, 2.24) is 8.61 Å². The summed E-state index contributed by atoms with van der Waals surface area (Å²) in [4.78, 5) is 5.31. The highest BCUT2D eigenvalue weighted by molar-refractivity contribution is 7.89. The molecule has 42 heavy (non-hydrogen) atoms. The van der Waals surface area contributed by atoms with Gasteiger partial charge in [-0.25, -0.2) is 30.4 Å². The maximum atomic E-state index is 12.5. The molecule has 0 aliphatic rings. The highest BCUT2D eigenvalue weighted by Crippen LogP contribution is 2.25. The van der Waals surface area contributed by atoms with E-state index in [1.54, 1.807) is 24.3 Å². The quantitative estimate of drug-likeness (QED) is 0.209. The predicted molar refractivity (Wildman–Crippen MR) is 174 cm³/mol. The number of halogens is 1. The highest BCUT2D eigenvalue weighted by Gasteiger charge is 2.19. The van der Waals surface area contributed by atoms with Gasteiger partial charge in [-0.3, -0.25) is 0 Å². The van der Waals surface area contributed by atoms with E-state index in [1.165, 1.54) is 42.9 Å². The number of hydrogen-bond acceptors (Lipinski definition) is 6. The normalized spacial score (nSPS) is 11.3. The van der Waals surface area contributed by atoms with Crippen LogP contribution in [-0.4, -0.2) is 59.3 Å². The number of sulfonamides is 2. The Bertz CT molecular complexity index is 1680. The molecule has 0 unspecified atom stereocenters. The van der Waals surface area contributed by atoms with Gasteiger partial charge in [-0.2, -0.15) is 0 Å². The highest BCUT2D eigenvalue weighted by atomic mass is 35.5. The van der Waals surface area contributed by atoms with E-state index >= 15 is 0 Å². The largest absolute Gasteiger partial charge is 0.399 e. The summed E-state index contributed by atoms with van der Waals surface area (Å²) in [7, 11) is -0.848. The lowest BCUT2D eigenvalue weighted by Crippen LogP contribution is -2.22. The average Bonchev–Trinajstić information content (AvgIpc) is 2.92. The van der Waals surface area contributed by atoms with Crippen LogP contribution >= 0.6 is 12.4 Å². The zero-order valence-corrected chi connectivity index (χ0v) is 27.0. The molecule has 0 aromatic heterocycles. The van der Waals surface area contributed by atoms with Crippen LogP contribution in [-0.2, 0) is 20.0 Å². The van der Waals surface area contributed by atoms with Crippen molar-refractivity contribution in [2.45, 2.75) is 23.6 Å². The summed E-state index contributed by atoms with van der Waals surface area (Å²) in [6.45, 7) is 3.68. The van der Waals surface area contributed by atoms with Crippen LogP contribution in [0.15, 0.2) is 112 Å². The Morgan fingerprint density at radius 3 is 1.43 bits per heavy atom. The summed E-state index contributed by atoms with van der Waals surface area (Å²) in [6, 6.07) is 29.7. The molecule has 0 radical (unpaired) electrons. The van der Waals surface area contributed by atoms with E-state index in [0.29, 0.717) is 11.4 Å². The van der Waals surface area contributed by atoms with Gasteiger partial charge in [-0.15, -0.1) is 12.4 Å². The van der Waals surface area contributed by atoms with E-state index in [1.807, 2.05) is 80.6 Å². The van der Waals surface area contributed by atoms with Gasteiger partial charge in [0.25, 0.3) is 0 Å². The van der Waals surface area contributed by atoms with E-state index in [2.05, 4.69) is 0 Å². The van der Waals surface area contributed by atoms with E-state index in [4.69, 9.17) is 10.7 Å². The molecule has 4 aromatic rings. The predicted octanol–water partition coefficient (Wildman–Crippen LogP) is 5.66. The van der Waals surface area contributed by atoms with Crippen molar-refractivity contribution in [3.05, 3.63) is 119 Å². The fourth-order valence-corrected chi connectivity index (χ4v) is 5.97. The summed E-state index contributed by atoms with van der Waals surface area (Å²) in [5.74, 6) is 0. The SMILES string of the molecule is Cc1cc(N)cc(S(=O)(=O)N(C)C)c1.Cc1cc(N=C(c2ccccc2)c2ccccc2)cc(S(=O)(=O)N(C)C)c1.Cl. The van der Waals surface area contributed by atoms with Crippen molar-refractivity contribution < 1.29 is 16.8 Å². The van der Waals surface area contributed by atoms with Crippen LogP contribution in [0.25, 0.3) is 0 Å². The van der Waals surface area contributed by atoms with Crippen LogP contribution in [0.4, 0.5) is 11.4 Å². The minimum Gasteiger partial charge on any atom is -0.399 e. The molecule has 2 N–H and O–H groups in total. The van der Waals surface area contributed by atoms with Crippen LogP contribution < -0.4 is 5.73 Å². The van der Waals surface area contributed by atoms with Gasteiger partial charge in [0.05, 0.1) is 21.2 Å². The molecule has 8 nitrogen and oxygen atoms in total. The number of hydrogen-bond donors (Lipinski definition) is 1. The Balaban J connectivity index is 0.000000349. The number of nitrogens with zero attached hydrogens (tertiary/aromatic N) is 3. The summed E-state index contributed by atoms with van der Waals surface area (Å²) >= 11 is 0. The first-order valence-corrected chi connectivity index (χ1v) is 15.6. The third-order valence-electron chi connectivity index (χ3n) is 6.00. The second-order valence-electron chi connectivity index (χ2n) is 9.85. The first kappa shape index (κ1) is 34.7. The Hall–Kier alpha value is -3.54. The van der Waals surface area contributed by atoms with Crippen molar-refractivity contribution in [3.8, 4) is 0 Å². The zero-order chi connectivity index (χ0) is 30.4. The number of rotatable bonds is 7. The van der Waals surface area contributed by atoms with Crippen LogP contribution in [0.2, 0.25) is 0 Å². The Kier molecular flexibility index (Phi) is 12.0. The van der Waals surface area contributed by atoms with Crippen LogP contribution in [0.1, 0.15) is 22.3 Å². The monoisotopic (exact) mass is 628 g/mol. The summed E-state index contributed by atoms with van der Waals surface area (Å²) in [6.07, 6.45) is 0. The smallest absolute Gasteiger partial charge is 0.242 e. The number of nitrogen functional groups attached to an aromatic ring is 1. The molecule has 4 rings (SSSR count). The Labute approximate surface area is 256 Å². The van der Waals surface area contributed by atoms with Gasteiger partial charge >= 0.3 is 0 Å². The Morgan fingerprint density at radius 1 is 0.619 bits per heavy atom. The second-order valence-corrected chi connectivity index (χ2v) is 14.2. The number of aryl methyl sites for hydroxylation is 2. The number of nitrogens with two attached hydrogens (primary N) is 1. The van der Waals surface area contributed by atoms with Crippen molar-refractivity contribution in [1.29, 1.82) is 0 Å². The lowest BCUT2D eigenvalue weighted by atomic mass is 10.0. The first-order valence-electron chi connectivity index (χ1n) is 12.8. The standard InChI is InChI=1S/C22H22N2O2S.C9H14N2O2S.ClH/c1-17-14-20(16-21(15-17)27(25,26)24(2)3)23-22(18-10-6-4-7-11-18)19-12-8-5-9-13-19;1-7-4-8(10)6-9(5-7)14(12,13)11(2)3;/h4-16H,1-3H3;4-6H,10H2,1-3H3;1H. The van der Waals surface area contributed by atoms with Crippen LogP contribution in [0.3, 0.4) is 0 Å². The lowest BCUT2D eigenvalue weighted by molar-refractivity contribution is 0.519. The van der Waals surface area contributed by atoms with Gasteiger partial charge in [0.15, 0.2) is 0 Å². The molecule has 4 aromatic carbocycles. The number of anilines is 1. The lowest BCUT2D eigenvalue weighted by Gasteiger charge is -2.13. The van der Waals surface area contributed by atoms with Gasteiger partial charge in [-0.05, 0) is 61.4 Å². The maximum absolute atomic E-state index is 12.5. The summed E-state index contributed by atoms with van der Waals surface area (Å²) in [5.41, 5.74) is 11.1. The topological polar surface area (TPSA) is 113 Å². The van der Waals surface area contributed by atoms with Crippen molar-refractivity contribution in [2.24, 2.45) is 4.99 Å². The van der Waals surface area contributed by atoms with Crippen LogP contribution in [0.5, 0.6) is 0 Å². The van der Waals surface area contributed by atoms with Gasteiger partial charge < -0.3 is 5.73 Å². The minimum absolute atomic E-state index is 0. The number of aliphatic imine (C=N–C) groups is 1. The summed E-state index contributed by atoms with van der Waals surface area (Å²) < 4.78 is 50.9. The molecule has 0 fully saturated rings. The molecule has 0 bridgehead atoms. The molecule has 11 heteroatoms. The van der Waals surface area contributed by atoms with E-state index < -0.39 is 20.0 Å². The number of benzene rings is 4. The molecule has 0 aliphatic heterocycles. The molecular weight excluding hydrogens is 592 g/mol. The van der Waals surface area contributed by atoms with Crippen molar-refractivity contribution in [3.63, 3.8) is 0 Å². The third-order valence-corrected chi connectivity index (χ3v) is 9.59. The maximum Gasteiger partial charge on any atom is 0.242 e. The second kappa shape index (κ2) is 14.6. The first-order chi connectivity index (χ1) is 19.2. The molecule has 0 amide bonds. The average molecular weight is 629 g/mol. The molecule has 224 valence electrons. The summed E-state index contributed by atoms with van der Waals surface area (Å²) in [5, 5.41) is 0. The van der Waals surface area contributed by atoms with Crippen molar-refractivity contribution >= 4 is 49.5 Å². The van der Waals surface area contributed by atoms with Gasteiger partial charge in [0.1, 0.15) is 0 Å². The minimum atomic E-state index is -3.52.